The summed E-state index contributed by atoms with van der Waals surface area (Å²) in [5.74, 6) is -0.735. The number of rotatable bonds is 8. The number of amides is 1. The van der Waals surface area contributed by atoms with Crippen LogP contribution in [-0.2, 0) is 0 Å². The number of piperidine rings is 1. The first-order chi connectivity index (χ1) is 16.0. The Hall–Kier alpha value is -1.95. The third-order valence-corrected chi connectivity index (χ3v) is 6.89. The summed E-state index contributed by atoms with van der Waals surface area (Å²) in [5.41, 5.74) is 1.25. The Balaban J connectivity index is 1.67. The minimum absolute atomic E-state index is 0.153. The highest BCUT2D eigenvalue weighted by Crippen LogP contribution is 2.34. The number of fused-ring (bicyclic) bond motifs is 1. The lowest BCUT2D eigenvalue weighted by atomic mass is 10.0. The van der Waals surface area contributed by atoms with E-state index in [0.717, 1.165) is 23.0 Å². The first kappa shape index (κ1) is 24.2. The molecule has 1 unspecified atom stereocenters. The molecule has 1 aliphatic rings. The summed E-state index contributed by atoms with van der Waals surface area (Å²) >= 11 is 8.68. The van der Waals surface area contributed by atoms with Crippen molar-refractivity contribution >= 4 is 57.1 Å². The van der Waals surface area contributed by atoms with Crippen LogP contribution in [0, 0.1) is 9.39 Å². The Labute approximate surface area is 210 Å². The van der Waals surface area contributed by atoms with Gasteiger partial charge in [-0.25, -0.2) is 9.37 Å². The molecule has 2 aromatic heterocycles. The van der Waals surface area contributed by atoms with Crippen molar-refractivity contribution in [2.45, 2.75) is 31.7 Å². The van der Waals surface area contributed by atoms with Gasteiger partial charge in [0.25, 0.3) is 5.91 Å². The number of imidazole rings is 1. The number of nitrogens with one attached hydrogen (secondary N) is 2. The summed E-state index contributed by atoms with van der Waals surface area (Å²) < 4.78 is 17.0. The lowest BCUT2D eigenvalue weighted by Crippen LogP contribution is -2.40. The minimum atomic E-state index is -0.449. The molecule has 176 valence electrons. The highest BCUT2D eigenvalue weighted by Gasteiger charge is 2.25. The molecule has 33 heavy (non-hydrogen) atoms. The number of benzene rings is 1. The van der Waals surface area contributed by atoms with E-state index in [2.05, 4.69) is 15.6 Å². The third kappa shape index (κ3) is 5.59. The van der Waals surface area contributed by atoms with Gasteiger partial charge in [-0.1, -0.05) is 18.0 Å². The number of aromatic nitrogens is 2. The molecule has 1 saturated heterocycles. The number of nitrogens with zero attached hydrogens (tertiary/aromatic N) is 3. The van der Waals surface area contributed by atoms with E-state index in [0.29, 0.717) is 23.9 Å². The van der Waals surface area contributed by atoms with Crippen molar-refractivity contribution < 1.29 is 14.3 Å². The fraction of sp³-hybridized carbons (Fsp3) is 0.391. The number of pyridine rings is 1. The summed E-state index contributed by atoms with van der Waals surface area (Å²) in [5, 5.41) is 16.3. The molecule has 0 aliphatic carbocycles. The maximum atomic E-state index is 14.6. The number of aliphatic hydroxyl groups excluding tert-OH is 1. The molecule has 0 saturated carbocycles. The normalized spacial score (nSPS) is 16.2. The zero-order valence-electron chi connectivity index (χ0n) is 18.0. The van der Waals surface area contributed by atoms with Gasteiger partial charge in [0.15, 0.2) is 5.65 Å². The van der Waals surface area contributed by atoms with Gasteiger partial charge in [0.2, 0.25) is 0 Å². The highest BCUT2D eigenvalue weighted by molar-refractivity contribution is 14.1. The Kier molecular flexibility index (Phi) is 8.05. The lowest BCUT2D eigenvalue weighted by Gasteiger charge is -2.28. The van der Waals surface area contributed by atoms with Crippen molar-refractivity contribution in [3.63, 3.8) is 0 Å². The van der Waals surface area contributed by atoms with Crippen LogP contribution in [0.4, 0.5) is 15.8 Å². The van der Waals surface area contributed by atoms with Gasteiger partial charge in [-0.05, 0) is 66.6 Å². The first-order valence-corrected chi connectivity index (χ1v) is 12.4. The van der Waals surface area contributed by atoms with E-state index in [9.17, 15) is 14.3 Å². The number of carbonyl (C=O) groups is 1. The van der Waals surface area contributed by atoms with E-state index in [1.165, 1.54) is 18.9 Å². The SMILES string of the molecule is O=C(c1cn2ccnc2c(Cl)c1Nc1ccc(I)cc1F)N(CCO)CCC1CCCCN1. The van der Waals surface area contributed by atoms with E-state index >= 15 is 0 Å². The Morgan fingerprint density at radius 1 is 1.39 bits per heavy atom. The molecule has 3 aromatic rings. The second-order valence-electron chi connectivity index (χ2n) is 8.09. The molecule has 1 atom stereocenters. The largest absolute Gasteiger partial charge is 0.395 e. The van der Waals surface area contributed by atoms with Gasteiger partial charge in [0.05, 0.1) is 23.5 Å². The average molecular weight is 586 g/mol. The van der Waals surface area contributed by atoms with Gasteiger partial charge < -0.3 is 25.0 Å². The molecular formula is C23H26ClFIN5O2. The fourth-order valence-electron chi connectivity index (χ4n) is 4.12. The zero-order valence-corrected chi connectivity index (χ0v) is 20.9. The van der Waals surface area contributed by atoms with Crippen molar-refractivity contribution in [1.82, 2.24) is 19.6 Å². The molecule has 0 bridgehead atoms. The van der Waals surface area contributed by atoms with Crippen molar-refractivity contribution in [3.05, 3.63) is 56.8 Å². The van der Waals surface area contributed by atoms with Gasteiger partial charge in [0, 0.05) is 41.3 Å². The van der Waals surface area contributed by atoms with E-state index in [1.807, 2.05) is 22.6 Å². The van der Waals surface area contributed by atoms with Gasteiger partial charge in [-0.3, -0.25) is 4.79 Å². The van der Waals surface area contributed by atoms with Crippen LogP contribution >= 0.6 is 34.2 Å². The van der Waals surface area contributed by atoms with Crippen LogP contribution in [0.25, 0.3) is 5.65 Å². The Morgan fingerprint density at radius 3 is 2.97 bits per heavy atom. The number of anilines is 2. The van der Waals surface area contributed by atoms with Crippen LogP contribution in [0.1, 0.15) is 36.0 Å². The maximum Gasteiger partial charge on any atom is 0.257 e. The van der Waals surface area contributed by atoms with Crippen LogP contribution in [-0.4, -0.2) is 57.6 Å². The molecule has 4 rings (SSSR count). The highest BCUT2D eigenvalue weighted by atomic mass is 127. The minimum Gasteiger partial charge on any atom is -0.395 e. The van der Waals surface area contributed by atoms with Crippen LogP contribution in [0.2, 0.25) is 5.02 Å². The zero-order chi connectivity index (χ0) is 23.4. The first-order valence-electron chi connectivity index (χ1n) is 11.0. The predicted octanol–water partition coefficient (Wildman–Crippen LogP) is 4.44. The number of hydrogen-bond donors (Lipinski definition) is 3. The van der Waals surface area contributed by atoms with E-state index in [4.69, 9.17) is 11.6 Å². The van der Waals surface area contributed by atoms with E-state index in [1.54, 1.807) is 40.0 Å². The third-order valence-electron chi connectivity index (χ3n) is 5.86. The van der Waals surface area contributed by atoms with E-state index in [-0.39, 0.29) is 35.3 Å². The predicted molar refractivity (Wildman–Crippen MR) is 136 cm³/mol. The van der Waals surface area contributed by atoms with Crippen LogP contribution in [0.5, 0.6) is 0 Å². The smallest absolute Gasteiger partial charge is 0.257 e. The molecule has 1 amide bonds. The van der Waals surface area contributed by atoms with Crippen LogP contribution in [0.15, 0.2) is 36.8 Å². The van der Waals surface area contributed by atoms with Gasteiger partial charge in [-0.15, -0.1) is 0 Å². The monoisotopic (exact) mass is 585 g/mol. The molecule has 1 fully saturated rings. The van der Waals surface area contributed by atoms with Crippen molar-refractivity contribution in [1.29, 1.82) is 0 Å². The quantitative estimate of drug-likeness (QED) is 0.341. The summed E-state index contributed by atoms with van der Waals surface area (Å²) in [4.78, 5) is 19.5. The molecule has 0 spiro atoms. The van der Waals surface area contributed by atoms with Gasteiger partial charge >= 0.3 is 0 Å². The summed E-state index contributed by atoms with van der Waals surface area (Å²) in [7, 11) is 0. The molecule has 3 heterocycles. The topological polar surface area (TPSA) is 81.9 Å². The fourth-order valence-corrected chi connectivity index (χ4v) is 4.87. The number of aliphatic hydroxyl groups is 1. The number of hydrogen-bond acceptors (Lipinski definition) is 5. The van der Waals surface area contributed by atoms with Crippen LogP contribution < -0.4 is 10.6 Å². The standard InChI is InChI=1S/C23H26ClFIN5O2/c24-20-21(29-19-5-4-15(26)13-18(19)25)17(14-31-10-8-28-22(20)31)23(33)30(11-12-32)9-6-16-3-1-2-7-27-16/h4-5,8,10,13-14,16,27,29,32H,1-3,6-7,9,11-12H2. The molecule has 3 N–H and O–H groups in total. The molecular weight excluding hydrogens is 560 g/mol. The summed E-state index contributed by atoms with van der Waals surface area (Å²) in [6.45, 7) is 1.52. The average Bonchev–Trinajstić information content (AvgIpc) is 3.29. The second kappa shape index (κ2) is 11.0. The van der Waals surface area contributed by atoms with Crippen molar-refractivity contribution in [2.24, 2.45) is 0 Å². The maximum absolute atomic E-state index is 14.6. The number of halogens is 3. The van der Waals surface area contributed by atoms with Gasteiger partial charge in [-0.2, -0.15) is 0 Å². The Morgan fingerprint density at radius 2 is 2.24 bits per heavy atom. The lowest BCUT2D eigenvalue weighted by molar-refractivity contribution is 0.0713. The Bertz CT molecular complexity index is 1140. The van der Waals surface area contributed by atoms with Crippen molar-refractivity contribution in [2.75, 3.05) is 31.6 Å². The molecule has 1 aliphatic heterocycles. The molecule has 7 nitrogen and oxygen atoms in total. The summed E-state index contributed by atoms with van der Waals surface area (Å²) in [6.07, 6.45) is 9.15. The molecule has 1 aromatic carbocycles. The summed E-state index contributed by atoms with van der Waals surface area (Å²) in [6, 6.07) is 5.13. The van der Waals surface area contributed by atoms with Crippen LogP contribution in [0.3, 0.4) is 0 Å². The van der Waals surface area contributed by atoms with Crippen molar-refractivity contribution in [3.8, 4) is 0 Å². The second-order valence-corrected chi connectivity index (χ2v) is 9.71. The van der Waals surface area contributed by atoms with Gasteiger partial charge in [0.1, 0.15) is 10.8 Å². The molecule has 0 radical (unpaired) electrons. The number of carbonyl (C=O) groups excluding carboxylic acids is 1. The van der Waals surface area contributed by atoms with E-state index < -0.39 is 5.82 Å². The molecule has 10 heteroatoms.